The van der Waals surface area contributed by atoms with Gasteiger partial charge in [-0.15, -0.1) is 0 Å². The number of carbonyl (C=O) groups is 1. The minimum absolute atomic E-state index is 0.132. The zero-order valence-electron chi connectivity index (χ0n) is 11.1. The zero-order valence-corrected chi connectivity index (χ0v) is 11.1. The SMILES string of the molecule is CC(C)(C)OC(=O)N1CC(N)C(C2CCC2)C1. The maximum absolute atomic E-state index is 11.9. The Kier molecular flexibility index (Phi) is 3.34. The van der Waals surface area contributed by atoms with E-state index in [2.05, 4.69) is 0 Å². The second-order valence-corrected chi connectivity index (χ2v) is 6.40. The molecule has 2 fully saturated rings. The van der Waals surface area contributed by atoms with Gasteiger partial charge >= 0.3 is 6.09 Å². The summed E-state index contributed by atoms with van der Waals surface area (Å²) >= 11 is 0. The van der Waals surface area contributed by atoms with Crippen LogP contribution in [0.3, 0.4) is 0 Å². The molecule has 0 bridgehead atoms. The van der Waals surface area contributed by atoms with Crippen LogP contribution in [0.15, 0.2) is 0 Å². The third kappa shape index (κ3) is 2.92. The summed E-state index contributed by atoms with van der Waals surface area (Å²) in [7, 11) is 0. The standard InChI is InChI=1S/C13H24N2O2/c1-13(2,3)17-12(16)15-7-10(11(14)8-15)9-5-4-6-9/h9-11H,4-8,14H2,1-3H3. The van der Waals surface area contributed by atoms with E-state index in [-0.39, 0.29) is 12.1 Å². The summed E-state index contributed by atoms with van der Waals surface area (Å²) in [5.74, 6) is 1.22. The number of ether oxygens (including phenoxy) is 1. The van der Waals surface area contributed by atoms with Gasteiger partial charge in [0.2, 0.25) is 0 Å². The molecule has 1 heterocycles. The van der Waals surface area contributed by atoms with E-state index in [1.807, 2.05) is 20.8 Å². The quantitative estimate of drug-likeness (QED) is 0.762. The van der Waals surface area contributed by atoms with Gasteiger partial charge in [0, 0.05) is 19.1 Å². The first-order chi connectivity index (χ1) is 7.87. The van der Waals surface area contributed by atoms with Crippen molar-refractivity contribution in [3.8, 4) is 0 Å². The van der Waals surface area contributed by atoms with E-state index in [1.165, 1.54) is 19.3 Å². The Bertz CT molecular complexity index is 294. The molecule has 4 nitrogen and oxygen atoms in total. The van der Waals surface area contributed by atoms with E-state index >= 15 is 0 Å². The molecule has 1 saturated carbocycles. The molecule has 98 valence electrons. The predicted octanol–water partition coefficient (Wildman–Crippen LogP) is 1.98. The third-order valence-corrected chi connectivity index (χ3v) is 3.82. The highest BCUT2D eigenvalue weighted by Gasteiger charge is 2.40. The Balaban J connectivity index is 1.89. The molecule has 17 heavy (non-hydrogen) atoms. The maximum atomic E-state index is 11.9. The van der Waals surface area contributed by atoms with Gasteiger partial charge in [-0.05, 0) is 32.6 Å². The molecule has 2 N–H and O–H groups in total. The fraction of sp³-hybridized carbons (Fsp3) is 0.923. The highest BCUT2D eigenvalue weighted by Crippen LogP contribution is 2.37. The molecule has 2 atom stereocenters. The van der Waals surface area contributed by atoms with Crippen LogP contribution in [0.2, 0.25) is 0 Å². The van der Waals surface area contributed by atoms with Gasteiger partial charge in [0.1, 0.15) is 5.60 Å². The lowest BCUT2D eigenvalue weighted by atomic mass is 9.74. The second kappa shape index (κ2) is 4.48. The Labute approximate surface area is 103 Å². The Hall–Kier alpha value is -0.770. The number of nitrogens with two attached hydrogens (primary N) is 1. The monoisotopic (exact) mass is 240 g/mol. The predicted molar refractivity (Wildman–Crippen MR) is 66.6 cm³/mol. The third-order valence-electron chi connectivity index (χ3n) is 3.82. The number of carbonyl (C=O) groups excluding carboxylic acids is 1. The molecule has 0 aromatic carbocycles. The summed E-state index contributed by atoms with van der Waals surface area (Å²) < 4.78 is 5.38. The topological polar surface area (TPSA) is 55.6 Å². The van der Waals surface area contributed by atoms with Gasteiger partial charge in [0.15, 0.2) is 0 Å². The number of hydrogen-bond donors (Lipinski definition) is 1. The van der Waals surface area contributed by atoms with Crippen molar-refractivity contribution in [1.82, 2.24) is 4.90 Å². The van der Waals surface area contributed by atoms with Crippen LogP contribution in [0.4, 0.5) is 4.79 Å². The van der Waals surface area contributed by atoms with Crippen LogP contribution in [-0.2, 0) is 4.74 Å². The van der Waals surface area contributed by atoms with E-state index in [1.54, 1.807) is 4.90 Å². The fourth-order valence-electron chi connectivity index (χ4n) is 2.70. The van der Waals surface area contributed by atoms with Gasteiger partial charge in [-0.2, -0.15) is 0 Å². The van der Waals surface area contributed by atoms with Crippen LogP contribution in [0.1, 0.15) is 40.0 Å². The number of amides is 1. The minimum atomic E-state index is -0.421. The van der Waals surface area contributed by atoms with Crippen molar-refractivity contribution in [2.24, 2.45) is 17.6 Å². The van der Waals surface area contributed by atoms with Crippen LogP contribution < -0.4 is 5.73 Å². The Morgan fingerprint density at radius 3 is 2.41 bits per heavy atom. The lowest BCUT2D eigenvalue weighted by Gasteiger charge is -2.33. The molecule has 2 aliphatic rings. The lowest BCUT2D eigenvalue weighted by molar-refractivity contribution is 0.0278. The molecule has 2 unspecified atom stereocenters. The van der Waals surface area contributed by atoms with Crippen molar-refractivity contribution >= 4 is 6.09 Å². The first kappa shape index (κ1) is 12.7. The van der Waals surface area contributed by atoms with Gasteiger partial charge in [-0.1, -0.05) is 19.3 Å². The van der Waals surface area contributed by atoms with Crippen molar-refractivity contribution in [2.45, 2.75) is 51.7 Å². The summed E-state index contributed by atoms with van der Waals surface area (Å²) in [6.07, 6.45) is 3.66. The lowest BCUT2D eigenvalue weighted by Crippen LogP contribution is -2.37. The molecule has 2 rings (SSSR count). The van der Waals surface area contributed by atoms with Crippen LogP contribution >= 0.6 is 0 Å². The molecule has 0 radical (unpaired) electrons. The van der Waals surface area contributed by atoms with Crippen LogP contribution in [0, 0.1) is 11.8 Å². The van der Waals surface area contributed by atoms with Crippen molar-refractivity contribution in [2.75, 3.05) is 13.1 Å². The fourth-order valence-corrected chi connectivity index (χ4v) is 2.70. The van der Waals surface area contributed by atoms with E-state index < -0.39 is 5.60 Å². The molecule has 4 heteroatoms. The second-order valence-electron chi connectivity index (χ2n) is 6.40. The summed E-state index contributed by atoms with van der Waals surface area (Å²) in [4.78, 5) is 13.7. The van der Waals surface area contributed by atoms with E-state index in [4.69, 9.17) is 10.5 Å². The number of nitrogens with zero attached hydrogens (tertiary/aromatic N) is 1. The first-order valence-corrected chi connectivity index (χ1v) is 6.60. The van der Waals surface area contributed by atoms with Gasteiger partial charge in [0.25, 0.3) is 0 Å². The number of hydrogen-bond acceptors (Lipinski definition) is 3. The highest BCUT2D eigenvalue weighted by molar-refractivity contribution is 5.68. The van der Waals surface area contributed by atoms with Crippen molar-refractivity contribution in [3.05, 3.63) is 0 Å². The van der Waals surface area contributed by atoms with Crippen LogP contribution in [0.5, 0.6) is 0 Å². The number of rotatable bonds is 1. The Morgan fingerprint density at radius 1 is 1.29 bits per heavy atom. The first-order valence-electron chi connectivity index (χ1n) is 6.60. The molecule has 1 saturated heterocycles. The molecule has 1 aliphatic heterocycles. The summed E-state index contributed by atoms with van der Waals surface area (Å²) in [6.45, 7) is 7.11. The molecule has 1 amide bonds. The average Bonchev–Trinajstić information content (AvgIpc) is 2.42. The maximum Gasteiger partial charge on any atom is 0.410 e. The molecular weight excluding hydrogens is 216 g/mol. The van der Waals surface area contributed by atoms with E-state index in [9.17, 15) is 4.79 Å². The highest BCUT2D eigenvalue weighted by atomic mass is 16.6. The molecule has 1 aliphatic carbocycles. The van der Waals surface area contributed by atoms with E-state index in [0.29, 0.717) is 12.5 Å². The molecule has 0 aromatic rings. The van der Waals surface area contributed by atoms with Crippen LogP contribution in [-0.4, -0.2) is 35.7 Å². The van der Waals surface area contributed by atoms with Gasteiger partial charge < -0.3 is 15.4 Å². The van der Waals surface area contributed by atoms with Crippen LogP contribution in [0.25, 0.3) is 0 Å². The summed E-state index contributed by atoms with van der Waals surface area (Å²) in [5.41, 5.74) is 5.71. The number of likely N-dealkylation sites (tertiary alicyclic amines) is 1. The van der Waals surface area contributed by atoms with Crippen molar-refractivity contribution < 1.29 is 9.53 Å². The van der Waals surface area contributed by atoms with Gasteiger partial charge in [-0.25, -0.2) is 4.79 Å². The van der Waals surface area contributed by atoms with E-state index in [0.717, 1.165) is 12.5 Å². The normalized spacial score (nSPS) is 30.2. The molecule has 0 spiro atoms. The largest absolute Gasteiger partial charge is 0.444 e. The summed E-state index contributed by atoms with van der Waals surface area (Å²) in [5, 5.41) is 0. The molecule has 0 aromatic heterocycles. The van der Waals surface area contributed by atoms with Gasteiger partial charge in [0.05, 0.1) is 0 Å². The van der Waals surface area contributed by atoms with Gasteiger partial charge in [-0.3, -0.25) is 0 Å². The Morgan fingerprint density at radius 2 is 1.94 bits per heavy atom. The summed E-state index contributed by atoms with van der Waals surface area (Å²) in [6, 6.07) is 0.132. The average molecular weight is 240 g/mol. The van der Waals surface area contributed by atoms with Crippen molar-refractivity contribution in [3.63, 3.8) is 0 Å². The minimum Gasteiger partial charge on any atom is -0.444 e. The zero-order chi connectivity index (χ0) is 12.6. The molecular formula is C13H24N2O2. The smallest absolute Gasteiger partial charge is 0.410 e. The van der Waals surface area contributed by atoms with Crippen molar-refractivity contribution in [1.29, 1.82) is 0 Å².